The third kappa shape index (κ3) is 7.52. The third-order valence-corrected chi connectivity index (χ3v) is 3.11. The number of rotatable bonds is 5. The highest BCUT2D eigenvalue weighted by atomic mass is 19.4. The second-order valence-corrected chi connectivity index (χ2v) is 5.01. The highest BCUT2D eigenvalue weighted by Gasteiger charge is 2.33. The van der Waals surface area contributed by atoms with Crippen molar-refractivity contribution in [3.05, 3.63) is 54.7 Å². The first kappa shape index (κ1) is 21.6. The number of carboxylic acid groups (broad SMARTS) is 1. The van der Waals surface area contributed by atoms with Crippen LogP contribution in [0.5, 0.6) is 0 Å². The van der Waals surface area contributed by atoms with E-state index in [9.17, 15) is 18.0 Å². The van der Waals surface area contributed by atoms with Gasteiger partial charge in [0.25, 0.3) is 0 Å². The number of alkyl halides is 3. The summed E-state index contributed by atoms with van der Waals surface area (Å²) in [6.07, 6.45) is -0.744. The van der Waals surface area contributed by atoms with Gasteiger partial charge < -0.3 is 9.84 Å². The lowest BCUT2D eigenvalue weighted by molar-refractivity contribution is -0.695. The van der Waals surface area contributed by atoms with Crippen LogP contribution in [0.15, 0.2) is 49.0 Å². The predicted octanol–water partition coefficient (Wildman–Crippen LogP) is 2.49. The lowest BCUT2D eigenvalue weighted by Gasteiger charge is -2.06. The fourth-order valence-corrected chi connectivity index (χ4v) is 1.66. The van der Waals surface area contributed by atoms with Gasteiger partial charge >= 0.3 is 12.1 Å². The molecule has 10 heteroatoms. The van der Waals surface area contributed by atoms with Crippen molar-refractivity contribution in [3.63, 3.8) is 0 Å². The molecule has 2 rings (SSSR count). The molecule has 0 aliphatic rings. The van der Waals surface area contributed by atoms with Gasteiger partial charge in [-0.05, 0) is 12.1 Å². The number of methoxy groups -OCH3 is 1. The Morgan fingerprint density at radius 2 is 1.93 bits per heavy atom. The van der Waals surface area contributed by atoms with E-state index in [0.717, 1.165) is 12.7 Å². The van der Waals surface area contributed by atoms with Crippen LogP contribution in [0.3, 0.4) is 0 Å². The van der Waals surface area contributed by atoms with Crippen LogP contribution in [0.4, 0.5) is 13.2 Å². The van der Waals surface area contributed by atoms with E-state index in [1.165, 1.54) is 0 Å². The molecular weight excluding hydrogens is 365 g/mol. The number of pyridine rings is 1. The molecule has 142 valence electrons. The van der Waals surface area contributed by atoms with Gasteiger partial charge in [0.1, 0.15) is 12.5 Å². The molecule has 7 nitrogen and oxygen atoms in total. The molecule has 2 heterocycles. The number of aryl methyl sites for hydroxylation is 1. The summed E-state index contributed by atoms with van der Waals surface area (Å²) in [4.78, 5) is 10.5. The van der Waals surface area contributed by atoms with Gasteiger partial charge in [0.2, 0.25) is 0 Å². The minimum Gasteiger partial charge on any atom is -0.493 e. The molecule has 0 unspecified atom stereocenters. The van der Waals surface area contributed by atoms with Gasteiger partial charge in [-0.3, -0.25) is 4.79 Å². The van der Waals surface area contributed by atoms with Crippen molar-refractivity contribution in [2.45, 2.75) is 19.1 Å². The van der Waals surface area contributed by atoms with E-state index in [0.29, 0.717) is 12.2 Å². The van der Waals surface area contributed by atoms with Crippen molar-refractivity contribution in [2.75, 3.05) is 7.11 Å². The first-order valence-corrected chi connectivity index (χ1v) is 7.42. The van der Waals surface area contributed by atoms with E-state index < -0.39 is 17.9 Å². The fourth-order valence-electron chi connectivity index (χ4n) is 1.66. The molecule has 0 amide bonds. The maximum atomic E-state index is 11.2. The zero-order chi connectivity index (χ0) is 20.4. The number of allylic oxidation sites excluding steroid dienone is 1. The third-order valence-electron chi connectivity index (χ3n) is 3.11. The average Bonchev–Trinajstić information content (AvgIpc) is 2.66. The number of aliphatic carboxylic acids is 1. The molecule has 0 aliphatic heterocycles. The number of ether oxygens (including phenoxy) is 1. The highest BCUT2D eigenvalue weighted by molar-refractivity contribution is 5.66. The summed E-state index contributed by atoms with van der Waals surface area (Å²) in [5, 5.41) is 24.9. The molecule has 2 aromatic heterocycles. The Morgan fingerprint density at radius 3 is 2.30 bits per heavy atom. The van der Waals surface area contributed by atoms with Crippen molar-refractivity contribution >= 4 is 5.97 Å². The van der Waals surface area contributed by atoms with Crippen LogP contribution in [-0.2, 0) is 16.1 Å². The lowest BCUT2D eigenvalue weighted by Crippen LogP contribution is -2.33. The summed E-state index contributed by atoms with van der Waals surface area (Å²) in [7, 11) is 0.926. The number of carboxylic acids is 1. The summed E-state index contributed by atoms with van der Waals surface area (Å²) in [6, 6.07) is 8.90. The topological polar surface area (TPSA) is 100.0 Å². The number of hydrogen-bond acceptors (Lipinski definition) is 5. The zero-order valence-electron chi connectivity index (χ0n) is 14.3. The first-order chi connectivity index (χ1) is 12.7. The fraction of sp³-hybridized carbons (Fsp3) is 0.235. The number of aromatic nitrogens is 3. The van der Waals surface area contributed by atoms with E-state index in [1.807, 2.05) is 18.2 Å². The molecule has 0 aromatic carbocycles. The Balaban J connectivity index is 0.000000387. The van der Waals surface area contributed by atoms with Crippen LogP contribution < -0.4 is 4.57 Å². The minimum atomic E-state index is -4.41. The molecule has 0 saturated carbocycles. The summed E-state index contributed by atoms with van der Waals surface area (Å²) >= 11 is 0. The number of nitrogens with zero attached hydrogens (tertiary/aromatic N) is 4. The van der Waals surface area contributed by atoms with Crippen molar-refractivity contribution < 1.29 is 32.4 Å². The summed E-state index contributed by atoms with van der Waals surface area (Å²) in [5.74, 6) is -1.99. The van der Waals surface area contributed by atoms with Crippen LogP contribution in [0, 0.1) is 11.3 Å². The largest absolute Gasteiger partial charge is 0.493 e. The van der Waals surface area contributed by atoms with Crippen molar-refractivity contribution in [1.29, 1.82) is 5.26 Å². The Morgan fingerprint density at radius 1 is 1.30 bits per heavy atom. The van der Waals surface area contributed by atoms with E-state index in [4.69, 9.17) is 10.4 Å². The summed E-state index contributed by atoms with van der Waals surface area (Å²) in [5.41, 5.74) is 1.81. The molecule has 0 atom stereocenters. The quantitative estimate of drug-likeness (QED) is 0.631. The van der Waals surface area contributed by atoms with Crippen LogP contribution in [0.25, 0.3) is 11.3 Å². The molecule has 1 N–H and O–H groups in total. The number of nitriles is 1. The van der Waals surface area contributed by atoms with Crippen LogP contribution in [0.1, 0.15) is 12.1 Å². The Labute approximate surface area is 153 Å². The standard InChI is InChI=1S/C13H10N4O2.C4H5F3O/c14-9-11-1-2-12(16-15-11)10-3-6-17(7-4-10)8-5-13(18)19;1-3(8-2)4(5,6)7/h1-4,6-7H,5,8H2;1H2,2H3/p+1. The molecule has 0 radical (unpaired) electrons. The second kappa shape index (κ2) is 9.86. The van der Waals surface area contributed by atoms with Crippen molar-refractivity contribution in [3.8, 4) is 17.3 Å². The van der Waals surface area contributed by atoms with Crippen LogP contribution in [-0.4, -0.2) is 34.6 Å². The summed E-state index contributed by atoms with van der Waals surface area (Å²) in [6.45, 7) is 3.02. The Hall–Kier alpha value is -3.48. The van der Waals surface area contributed by atoms with Gasteiger partial charge in [-0.1, -0.05) is 6.58 Å². The molecule has 0 spiro atoms. The molecular formula is C17H16F3N4O3+. The van der Waals surface area contributed by atoms with E-state index in [-0.39, 0.29) is 12.1 Å². The molecule has 0 fully saturated rings. The van der Waals surface area contributed by atoms with E-state index >= 15 is 0 Å². The normalized spacial score (nSPS) is 10.2. The van der Waals surface area contributed by atoms with Crippen LogP contribution in [0.2, 0.25) is 0 Å². The number of hydrogen-bond donors (Lipinski definition) is 1. The van der Waals surface area contributed by atoms with Crippen molar-refractivity contribution in [1.82, 2.24) is 10.2 Å². The average molecular weight is 381 g/mol. The monoisotopic (exact) mass is 381 g/mol. The first-order valence-electron chi connectivity index (χ1n) is 7.42. The number of carbonyl (C=O) groups is 1. The maximum Gasteiger partial charge on any atom is 0.448 e. The van der Waals surface area contributed by atoms with Gasteiger partial charge in [-0.2, -0.15) is 18.4 Å². The zero-order valence-corrected chi connectivity index (χ0v) is 14.3. The Kier molecular flexibility index (Phi) is 7.88. The van der Waals surface area contributed by atoms with E-state index in [2.05, 4.69) is 21.5 Å². The predicted molar refractivity (Wildman–Crippen MR) is 86.8 cm³/mol. The number of halogens is 3. The Bertz CT molecular complexity index is 813. The SMILES string of the molecule is C=C(OC)C(F)(F)F.N#Cc1ccc(-c2cc[n+](CCC(=O)O)cc2)nn1. The molecule has 2 aromatic rings. The highest BCUT2D eigenvalue weighted by Crippen LogP contribution is 2.23. The molecule has 0 saturated heterocycles. The van der Waals surface area contributed by atoms with Gasteiger partial charge in [0.05, 0.1) is 12.8 Å². The summed E-state index contributed by atoms with van der Waals surface area (Å²) < 4.78 is 39.3. The molecule has 0 aliphatic carbocycles. The molecule has 27 heavy (non-hydrogen) atoms. The van der Waals surface area contributed by atoms with E-state index in [1.54, 1.807) is 29.1 Å². The van der Waals surface area contributed by atoms with Gasteiger partial charge in [0.15, 0.2) is 30.4 Å². The smallest absolute Gasteiger partial charge is 0.448 e. The molecule has 0 bridgehead atoms. The lowest BCUT2D eigenvalue weighted by atomic mass is 10.2. The van der Waals surface area contributed by atoms with Gasteiger partial charge in [-0.25, -0.2) is 4.57 Å². The van der Waals surface area contributed by atoms with Gasteiger partial charge in [0, 0.05) is 17.7 Å². The van der Waals surface area contributed by atoms with Crippen LogP contribution >= 0.6 is 0 Å². The van der Waals surface area contributed by atoms with Gasteiger partial charge in [-0.15, -0.1) is 10.2 Å². The van der Waals surface area contributed by atoms with Crippen molar-refractivity contribution in [2.24, 2.45) is 0 Å². The minimum absolute atomic E-state index is 0.0840. The second-order valence-electron chi connectivity index (χ2n) is 5.01. The maximum absolute atomic E-state index is 11.2.